The number of alkyl halides is 2. The number of hydrogen-bond acceptors (Lipinski definition) is 9. The molecule has 0 atom stereocenters. The molecule has 1 aliphatic carbocycles. The molecule has 1 spiro atoms. The standard InChI is InChI=1S/C25H24F3N9O/c1-36-23(33-17-5-4-15(19(26)20(17)38-2)16-7-8-30-22(29)32-16)34-21(35-36)14-3-6-18(31-9-14)37-12-24(13-37)10-25(27,28)11-24/h3-9H,10-13H2,1-2H3,(H2,29,30,32)(H,33,34,35). The van der Waals surface area contributed by atoms with Crippen LogP contribution < -0.4 is 20.7 Å². The van der Waals surface area contributed by atoms with Crippen LogP contribution in [0.25, 0.3) is 22.6 Å². The number of anilines is 4. The van der Waals surface area contributed by atoms with Gasteiger partial charge < -0.3 is 20.7 Å². The van der Waals surface area contributed by atoms with Gasteiger partial charge in [-0.05, 0) is 30.3 Å². The van der Waals surface area contributed by atoms with Gasteiger partial charge in [-0.1, -0.05) is 0 Å². The third-order valence-electron chi connectivity index (χ3n) is 6.91. The normalized spacial score (nSPS) is 17.1. The van der Waals surface area contributed by atoms with Crippen LogP contribution in [0.1, 0.15) is 12.8 Å². The number of rotatable bonds is 6. The summed E-state index contributed by atoms with van der Waals surface area (Å²) in [6.45, 7) is 1.18. The van der Waals surface area contributed by atoms with Crippen LogP contribution in [0.5, 0.6) is 5.75 Å². The van der Waals surface area contributed by atoms with Crippen molar-refractivity contribution in [1.29, 1.82) is 0 Å². The minimum Gasteiger partial charge on any atom is -0.492 e. The van der Waals surface area contributed by atoms with Gasteiger partial charge in [-0.15, -0.1) is 5.10 Å². The van der Waals surface area contributed by atoms with E-state index in [1.54, 1.807) is 31.4 Å². The Morgan fingerprint density at radius 1 is 1.05 bits per heavy atom. The van der Waals surface area contributed by atoms with Crippen molar-refractivity contribution in [2.45, 2.75) is 18.8 Å². The lowest BCUT2D eigenvalue weighted by Crippen LogP contribution is -2.66. The Hall–Kier alpha value is -4.42. The fraction of sp³-hybridized carbons (Fsp3) is 0.320. The minimum absolute atomic E-state index is 0.0215. The van der Waals surface area contributed by atoms with Crippen LogP contribution >= 0.6 is 0 Å². The number of nitrogens with two attached hydrogens (primary N) is 1. The number of nitrogens with one attached hydrogen (secondary N) is 1. The van der Waals surface area contributed by atoms with Gasteiger partial charge in [0.05, 0.1) is 18.5 Å². The molecule has 0 bridgehead atoms. The third kappa shape index (κ3) is 4.13. The number of halogens is 3. The molecule has 6 rings (SSSR count). The largest absolute Gasteiger partial charge is 0.492 e. The highest BCUT2D eigenvalue weighted by atomic mass is 19.3. The summed E-state index contributed by atoms with van der Waals surface area (Å²) in [6.07, 6.45) is 3.01. The van der Waals surface area contributed by atoms with E-state index in [0.29, 0.717) is 41.8 Å². The first kappa shape index (κ1) is 23.9. The summed E-state index contributed by atoms with van der Waals surface area (Å²) in [5.41, 5.74) is 6.94. The summed E-state index contributed by atoms with van der Waals surface area (Å²) >= 11 is 0. The Morgan fingerprint density at radius 2 is 1.84 bits per heavy atom. The number of ether oxygens (including phenoxy) is 1. The average Bonchev–Trinajstić information content (AvgIpc) is 3.21. The fourth-order valence-electron chi connectivity index (χ4n) is 5.21. The van der Waals surface area contributed by atoms with Crippen molar-refractivity contribution in [3.63, 3.8) is 0 Å². The van der Waals surface area contributed by atoms with Crippen molar-refractivity contribution in [2.24, 2.45) is 12.5 Å². The number of benzene rings is 1. The summed E-state index contributed by atoms with van der Waals surface area (Å²) in [5.74, 6) is -1.62. The van der Waals surface area contributed by atoms with Gasteiger partial charge in [0, 0.05) is 61.9 Å². The Bertz CT molecular complexity index is 1510. The van der Waals surface area contributed by atoms with Crippen molar-refractivity contribution in [3.8, 4) is 28.4 Å². The maximum Gasteiger partial charge on any atom is 0.249 e. The molecule has 13 heteroatoms. The molecule has 1 saturated carbocycles. The second-order valence-electron chi connectivity index (χ2n) is 9.79. The Labute approximate surface area is 215 Å². The molecule has 3 aromatic heterocycles. The summed E-state index contributed by atoms with van der Waals surface area (Å²) in [7, 11) is 3.07. The number of methoxy groups -OCH3 is 1. The summed E-state index contributed by atoms with van der Waals surface area (Å²) in [6, 6.07) is 8.44. The molecule has 0 amide bonds. The van der Waals surface area contributed by atoms with Gasteiger partial charge in [0.1, 0.15) is 5.82 Å². The molecule has 4 aromatic rings. The average molecular weight is 524 g/mol. The third-order valence-corrected chi connectivity index (χ3v) is 6.91. The maximum absolute atomic E-state index is 15.3. The maximum atomic E-state index is 15.3. The zero-order valence-corrected chi connectivity index (χ0v) is 20.6. The first-order chi connectivity index (χ1) is 18.2. The first-order valence-electron chi connectivity index (χ1n) is 11.9. The van der Waals surface area contributed by atoms with Crippen LogP contribution in [0.3, 0.4) is 0 Å². The van der Waals surface area contributed by atoms with Crippen LogP contribution in [0.4, 0.5) is 36.6 Å². The second kappa shape index (κ2) is 8.57. The second-order valence-corrected chi connectivity index (χ2v) is 9.79. The lowest BCUT2D eigenvalue weighted by Gasteiger charge is -2.59. The van der Waals surface area contributed by atoms with E-state index in [-0.39, 0.29) is 35.5 Å². The molecule has 38 heavy (non-hydrogen) atoms. The highest BCUT2D eigenvalue weighted by molar-refractivity contribution is 5.73. The van der Waals surface area contributed by atoms with E-state index in [4.69, 9.17) is 10.5 Å². The Balaban J connectivity index is 1.19. The molecule has 196 valence electrons. The van der Waals surface area contributed by atoms with E-state index in [1.807, 2.05) is 17.0 Å². The zero-order chi connectivity index (χ0) is 26.7. The van der Waals surface area contributed by atoms with E-state index < -0.39 is 11.7 Å². The fourth-order valence-corrected chi connectivity index (χ4v) is 5.21. The number of nitrogens with zero attached hydrogens (tertiary/aromatic N) is 7. The van der Waals surface area contributed by atoms with Crippen LogP contribution in [0, 0.1) is 11.2 Å². The number of hydrogen-bond donors (Lipinski definition) is 2. The molecule has 1 aromatic carbocycles. The number of aromatic nitrogens is 6. The van der Waals surface area contributed by atoms with Gasteiger partial charge in [-0.25, -0.2) is 32.8 Å². The molecular formula is C25H24F3N9O. The van der Waals surface area contributed by atoms with Crippen molar-refractivity contribution >= 4 is 23.4 Å². The Morgan fingerprint density at radius 3 is 2.50 bits per heavy atom. The van der Waals surface area contributed by atoms with Crippen molar-refractivity contribution in [2.75, 3.05) is 36.1 Å². The topological polar surface area (TPSA) is 120 Å². The number of nitrogen functional groups attached to an aromatic ring is 1. The van der Waals surface area contributed by atoms with Gasteiger partial charge in [-0.2, -0.15) is 4.98 Å². The molecule has 1 aliphatic heterocycles. The van der Waals surface area contributed by atoms with E-state index in [0.717, 1.165) is 5.82 Å². The van der Waals surface area contributed by atoms with Gasteiger partial charge in [-0.3, -0.25) is 0 Å². The summed E-state index contributed by atoms with van der Waals surface area (Å²) < 4.78 is 48.7. The van der Waals surface area contributed by atoms with Crippen molar-refractivity contribution in [3.05, 3.63) is 48.5 Å². The highest BCUT2D eigenvalue weighted by Crippen LogP contribution is 2.57. The molecule has 10 nitrogen and oxygen atoms in total. The zero-order valence-electron chi connectivity index (χ0n) is 20.6. The van der Waals surface area contributed by atoms with Gasteiger partial charge in [0.25, 0.3) is 0 Å². The predicted octanol–water partition coefficient (Wildman–Crippen LogP) is 4.04. The van der Waals surface area contributed by atoms with Gasteiger partial charge in [0.15, 0.2) is 17.4 Å². The van der Waals surface area contributed by atoms with Crippen LogP contribution in [-0.4, -0.2) is 55.8 Å². The van der Waals surface area contributed by atoms with Gasteiger partial charge >= 0.3 is 0 Å². The molecule has 3 N–H and O–H groups in total. The number of pyridine rings is 1. The predicted molar refractivity (Wildman–Crippen MR) is 135 cm³/mol. The summed E-state index contributed by atoms with van der Waals surface area (Å²) in [4.78, 5) is 18.9. The molecular weight excluding hydrogens is 499 g/mol. The molecule has 1 saturated heterocycles. The SMILES string of the molecule is COc1c(Nc2nc(-c3ccc(N4CC5(C4)CC(F)(F)C5)nc3)nn2C)ccc(-c2ccnc(N)n2)c1F. The lowest BCUT2D eigenvalue weighted by atomic mass is 9.61. The molecule has 2 aliphatic rings. The van der Waals surface area contributed by atoms with Crippen LogP contribution in [-0.2, 0) is 7.05 Å². The highest BCUT2D eigenvalue weighted by Gasteiger charge is 2.61. The molecule has 2 fully saturated rings. The molecule has 0 radical (unpaired) electrons. The summed E-state index contributed by atoms with van der Waals surface area (Å²) in [5, 5.41) is 7.51. The van der Waals surface area contributed by atoms with Gasteiger partial charge in [0.2, 0.25) is 17.8 Å². The van der Waals surface area contributed by atoms with Crippen molar-refractivity contribution < 1.29 is 17.9 Å². The van der Waals surface area contributed by atoms with E-state index in [9.17, 15) is 8.78 Å². The first-order valence-corrected chi connectivity index (χ1v) is 11.9. The lowest BCUT2D eigenvalue weighted by molar-refractivity contribution is -0.170. The van der Waals surface area contributed by atoms with E-state index in [1.165, 1.54) is 18.0 Å². The van der Waals surface area contributed by atoms with E-state index in [2.05, 4.69) is 30.4 Å². The minimum atomic E-state index is -2.52. The smallest absolute Gasteiger partial charge is 0.249 e. The van der Waals surface area contributed by atoms with Crippen LogP contribution in [0.15, 0.2) is 42.7 Å². The Kier molecular flexibility index (Phi) is 5.40. The van der Waals surface area contributed by atoms with E-state index >= 15 is 4.39 Å². The molecule has 4 heterocycles. The quantitative estimate of drug-likeness (QED) is 0.386. The number of aryl methyl sites for hydroxylation is 1. The monoisotopic (exact) mass is 523 g/mol. The molecule has 0 unspecified atom stereocenters. The van der Waals surface area contributed by atoms with Crippen LogP contribution in [0.2, 0.25) is 0 Å². The van der Waals surface area contributed by atoms with Crippen molar-refractivity contribution in [1.82, 2.24) is 29.7 Å².